The van der Waals surface area contributed by atoms with E-state index >= 15 is 0 Å². The van der Waals surface area contributed by atoms with Gasteiger partial charge in [-0.1, -0.05) is 47.8 Å². The summed E-state index contributed by atoms with van der Waals surface area (Å²) in [4.78, 5) is 26.5. The Morgan fingerprint density at radius 2 is 0.604 bits per heavy atom. The molecule has 0 N–H and O–H groups in total. The van der Waals surface area contributed by atoms with Crippen LogP contribution in [0.4, 0.5) is 0 Å². The number of thioether (sulfide) groups is 2. The fourth-order valence-electron chi connectivity index (χ4n) is 4.86. The van der Waals surface area contributed by atoms with Crippen LogP contribution >= 0.6 is 23.5 Å². The number of hydrogen-bond donors (Lipinski definition) is 0. The van der Waals surface area contributed by atoms with Gasteiger partial charge in [0.15, 0.2) is 10.3 Å². The maximum absolute atomic E-state index is 6.19. The van der Waals surface area contributed by atoms with Crippen LogP contribution in [0.2, 0.25) is 0 Å². The van der Waals surface area contributed by atoms with Crippen LogP contribution in [0.1, 0.15) is 0 Å². The lowest BCUT2D eigenvalue weighted by Gasteiger charge is -2.13. The van der Waals surface area contributed by atoms with E-state index in [4.69, 9.17) is 33.2 Å². The Morgan fingerprint density at radius 1 is 0.340 bits per heavy atom. The van der Waals surface area contributed by atoms with Crippen LogP contribution in [0.3, 0.4) is 0 Å². The molecule has 4 heterocycles. The first-order valence-corrected chi connectivity index (χ1v) is 18.3. The third-order valence-electron chi connectivity index (χ3n) is 7.09. The summed E-state index contributed by atoms with van der Waals surface area (Å²) in [6.07, 6.45) is 5.08. The molecule has 3 aromatic heterocycles. The fraction of sp³-hybridized carbons (Fsp3) is 0.0526. The molecular formula is C38H26N6O7S2. The first kappa shape index (κ1) is 33.6. The van der Waals surface area contributed by atoms with Gasteiger partial charge in [0.1, 0.15) is 52.3 Å². The van der Waals surface area contributed by atoms with Crippen molar-refractivity contribution in [3.8, 4) is 81.3 Å². The van der Waals surface area contributed by atoms with Crippen molar-refractivity contribution in [3.63, 3.8) is 0 Å². The molecule has 0 radical (unpaired) electrons. The molecule has 14 bridgehead atoms. The van der Waals surface area contributed by atoms with Gasteiger partial charge >= 0.3 is 0 Å². The highest BCUT2D eigenvalue weighted by Crippen LogP contribution is 2.36. The number of ether oxygens (including phenoxy) is 7. The van der Waals surface area contributed by atoms with E-state index in [1.165, 1.54) is 29.9 Å². The first-order valence-electron chi connectivity index (χ1n) is 15.9. The summed E-state index contributed by atoms with van der Waals surface area (Å²) in [5, 5.41) is 0.916. The zero-order valence-corrected chi connectivity index (χ0v) is 29.5. The summed E-state index contributed by atoms with van der Waals surface area (Å²) in [6, 6.07) is 33.2. The van der Waals surface area contributed by atoms with Crippen LogP contribution in [-0.4, -0.2) is 42.4 Å². The smallest absolute Gasteiger partial charge is 0.227 e. The summed E-state index contributed by atoms with van der Waals surface area (Å²) >= 11 is 2.70. The SMILES string of the molecule is CSc1nc2cc(n1)Oc1cccc(c1)Oc1cc(ncn1)Oc1cccc(c1)Oc1cc(nc(SC)n1)Oc1cccc(c1)Oc1cccc(c1)O2. The second-order valence-electron chi connectivity index (χ2n) is 10.9. The van der Waals surface area contributed by atoms with Gasteiger partial charge in [0.25, 0.3) is 0 Å². The zero-order valence-electron chi connectivity index (χ0n) is 27.9. The topological polar surface area (TPSA) is 142 Å². The molecule has 0 unspecified atom stereocenters. The molecule has 53 heavy (non-hydrogen) atoms. The van der Waals surface area contributed by atoms with Crippen molar-refractivity contribution in [1.82, 2.24) is 29.9 Å². The highest BCUT2D eigenvalue weighted by molar-refractivity contribution is 7.98. The van der Waals surface area contributed by atoms with E-state index in [0.717, 1.165) is 0 Å². The summed E-state index contributed by atoms with van der Waals surface area (Å²) in [7, 11) is 0. The fourth-order valence-corrected chi connectivity index (χ4v) is 5.58. The van der Waals surface area contributed by atoms with Gasteiger partial charge in [-0.15, -0.1) is 0 Å². The third kappa shape index (κ3) is 8.66. The quantitative estimate of drug-likeness (QED) is 0.122. The van der Waals surface area contributed by atoms with Crippen molar-refractivity contribution in [1.29, 1.82) is 0 Å². The van der Waals surface area contributed by atoms with E-state index in [-0.39, 0.29) is 35.3 Å². The van der Waals surface area contributed by atoms with Crippen LogP contribution in [0.5, 0.6) is 81.3 Å². The molecule has 8 rings (SSSR count). The van der Waals surface area contributed by atoms with Gasteiger partial charge in [-0.05, 0) is 61.0 Å². The largest absolute Gasteiger partial charge is 0.457 e. The summed E-state index contributed by atoms with van der Waals surface area (Å²) in [5.74, 6) is 5.54. The average Bonchev–Trinajstić information content (AvgIpc) is 3.15. The van der Waals surface area contributed by atoms with Crippen LogP contribution in [0.25, 0.3) is 0 Å². The van der Waals surface area contributed by atoms with Crippen LogP contribution in [0, 0.1) is 0 Å². The van der Waals surface area contributed by atoms with Gasteiger partial charge in [0.2, 0.25) is 35.3 Å². The summed E-state index contributed by atoms with van der Waals surface area (Å²) in [5.41, 5.74) is 0. The number of rotatable bonds is 2. The average molecular weight is 743 g/mol. The van der Waals surface area contributed by atoms with Crippen molar-refractivity contribution in [3.05, 3.63) is 122 Å². The second-order valence-corrected chi connectivity index (χ2v) is 12.4. The molecule has 4 aromatic carbocycles. The maximum atomic E-state index is 6.19. The first-order chi connectivity index (χ1) is 26.0. The van der Waals surface area contributed by atoms with Gasteiger partial charge < -0.3 is 33.2 Å². The van der Waals surface area contributed by atoms with E-state index in [1.807, 2.05) is 36.8 Å². The molecule has 0 aliphatic carbocycles. The molecule has 0 fully saturated rings. The molecule has 262 valence electrons. The molecule has 7 aromatic rings. The number of fused-ring (bicyclic) bond motifs is 14. The number of aromatic nitrogens is 6. The molecule has 0 spiro atoms. The Hall–Kier alpha value is -6.58. The highest BCUT2D eigenvalue weighted by atomic mass is 32.2. The minimum atomic E-state index is 0.255. The molecule has 0 amide bonds. The molecule has 13 nitrogen and oxygen atoms in total. The van der Waals surface area contributed by atoms with E-state index in [9.17, 15) is 0 Å². The Labute approximate surface area is 311 Å². The van der Waals surface area contributed by atoms with Gasteiger partial charge in [-0.25, -0.2) is 9.97 Å². The lowest BCUT2D eigenvalue weighted by atomic mass is 10.3. The monoisotopic (exact) mass is 742 g/mol. The minimum absolute atomic E-state index is 0.255. The maximum Gasteiger partial charge on any atom is 0.227 e. The van der Waals surface area contributed by atoms with E-state index in [0.29, 0.717) is 56.3 Å². The Kier molecular flexibility index (Phi) is 9.72. The van der Waals surface area contributed by atoms with E-state index in [1.54, 1.807) is 91.0 Å². The summed E-state index contributed by atoms with van der Waals surface area (Å²) in [6.45, 7) is 0. The molecule has 1 aliphatic heterocycles. The predicted octanol–water partition coefficient (Wildman–Crippen LogP) is 10.4. The van der Waals surface area contributed by atoms with Crippen LogP contribution in [-0.2, 0) is 0 Å². The zero-order chi connectivity index (χ0) is 36.0. The van der Waals surface area contributed by atoms with Gasteiger partial charge in [0, 0.05) is 24.3 Å². The predicted molar refractivity (Wildman–Crippen MR) is 196 cm³/mol. The molecular weight excluding hydrogens is 717 g/mol. The molecule has 0 saturated carbocycles. The Bertz CT molecular complexity index is 2260. The number of nitrogens with zero attached hydrogens (tertiary/aromatic N) is 6. The number of hydrogen-bond acceptors (Lipinski definition) is 15. The lowest BCUT2D eigenvalue weighted by Crippen LogP contribution is -1.97. The van der Waals surface area contributed by atoms with Gasteiger partial charge in [-0.2, -0.15) is 19.9 Å². The van der Waals surface area contributed by atoms with Crippen molar-refractivity contribution >= 4 is 23.5 Å². The molecule has 15 heteroatoms. The Balaban J connectivity index is 1.16. The second kappa shape index (κ2) is 15.3. The van der Waals surface area contributed by atoms with Crippen molar-refractivity contribution in [2.24, 2.45) is 0 Å². The van der Waals surface area contributed by atoms with Crippen LogP contribution in [0.15, 0.2) is 132 Å². The van der Waals surface area contributed by atoms with E-state index in [2.05, 4.69) is 29.9 Å². The third-order valence-corrected chi connectivity index (χ3v) is 8.19. The van der Waals surface area contributed by atoms with Crippen molar-refractivity contribution < 1.29 is 33.2 Å². The standard InChI is InChI=1S/C38H26N6O7S2/c1-52-37-41-33-20-35(43-37)50-29-13-5-9-25(17-29)46-31-19-32(40-22-39-31)47-26-10-6-14-30(18-26)51-36-21-34(42-38(44-36)53-2)49-28-12-4-8-24(16-28)45-23-7-3-11-27(15-23)48-33/h3-22H,1-2H3. The normalized spacial score (nSPS) is 12.0. The lowest BCUT2D eigenvalue weighted by molar-refractivity contribution is 0.412. The van der Waals surface area contributed by atoms with Crippen LogP contribution < -0.4 is 33.2 Å². The van der Waals surface area contributed by atoms with E-state index < -0.39 is 0 Å². The molecule has 0 atom stereocenters. The van der Waals surface area contributed by atoms with Gasteiger partial charge in [0.05, 0.1) is 18.2 Å². The summed E-state index contributed by atoms with van der Waals surface area (Å²) < 4.78 is 42.8. The number of benzene rings is 4. The van der Waals surface area contributed by atoms with Crippen molar-refractivity contribution in [2.75, 3.05) is 12.5 Å². The van der Waals surface area contributed by atoms with Gasteiger partial charge in [-0.3, -0.25) is 0 Å². The highest BCUT2D eigenvalue weighted by Gasteiger charge is 2.14. The molecule has 1 aliphatic rings. The van der Waals surface area contributed by atoms with Crippen molar-refractivity contribution in [2.45, 2.75) is 10.3 Å². The molecule has 0 saturated heterocycles. The Morgan fingerprint density at radius 3 is 0.906 bits per heavy atom. The minimum Gasteiger partial charge on any atom is -0.457 e.